The van der Waals surface area contributed by atoms with Gasteiger partial charge in [-0.3, -0.25) is 0 Å². The van der Waals surface area contributed by atoms with E-state index in [2.05, 4.69) is 41.4 Å². The first-order valence-electron chi connectivity index (χ1n) is 6.72. The molecule has 0 saturated heterocycles. The number of nitrogens with zero attached hydrogens (tertiary/aromatic N) is 2. The minimum absolute atomic E-state index is 0.0166. The zero-order chi connectivity index (χ0) is 14.7. The van der Waals surface area contributed by atoms with Gasteiger partial charge in [0.05, 0.1) is 0 Å². The predicted octanol–water partition coefficient (Wildman–Crippen LogP) is 2.53. The number of anilines is 2. The van der Waals surface area contributed by atoms with Gasteiger partial charge in [-0.25, -0.2) is 9.97 Å². The lowest BCUT2D eigenvalue weighted by Crippen LogP contribution is -2.34. The molecule has 0 radical (unpaired) electrons. The fourth-order valence-electron chi connectivity index (χ4n) is 1.62. The number of nitrogens with one attached hydrogen (secondary N) is 2. The molecule has 0 atom stereocenters. The molecule has 0 unspecified atom stereocenters. The van der Waals surface area contributed by atoms with E-state index in [4.69, 9.17) is 5.73 Å². The molecule has 0 aromatic carbocycles. The Morgan fingerprint density at radius 1 is 1.11 bits per heavy atom. The zero-order valence-corrected chi connectivity index (χ0v) is 13.0. The van der Waals surface area contributed by atoms with E-state index < -0.39 is 0 Å². The Hall–Kier alpha value is -1.36. The summed E-state index contributed by atoms with van der Waals surface area (Å²) in [6, 6.07) is 1.93. The number of nitrogens with two attached hydrogens (primary N) is 1. The van der Waals surface area contributed by atoms with Crippen molar-refractivity contribution in [2.75, 3.05) is 17.2 Å². The third kappa shape index (κ3) is 6.96. The van der Waals surface area contributed by atoms with Crippen molar-refractivity contribution in [1.82, 2.24) is 9.97 Å². The molecule has 1 heterocycles. The molecular weight excluding hydrogens is 238 g/mol. The van der Waals surface area contributed by atoms with Crippen LogP contribution in [0.1, 0.15) is 46.9 Å². The van der Waals surface area contributed by atoms with Crippen molar-refractivity contribution in [3.8, 4) is 0 Å². The number of aryl methyl sites for hydroxylation is 1. The molecule has 1 rings (SSSR count). The summed E-state index contributed by atoms with van der Waals surface area (Å²) in [6.45, 7) is 13.1. The third-order valence-corrected chi connectivity index (χ3v) is 2.42. The maximum Gasteiger partial charge on any atom is 0.132 e. The molecule has 5 heteroatoms. The van der Waals surface area contributed by atoms with Crippen LogP contribution in [0.4, 0.5) is 11.6 Å². The summed E-state index contributed by atoms with van der Waals surface area (Å²) in [5, 5.41) is 6.65. The van der Waals surface area contributed by atoms with E-state index in [9.17, 15) is 0 Å². The molecule has 0 saturated carbocycles. The second-order valence-electron chi connectivity index (χ2n) is 6.73. The van der Waals surface area contributed by atoms with Crippen LogP contribution in [0.3, 0.4) is 0 Å². The van der Waals surface area contributed by atoms with Gasteiger partial charge < -0.3 is 16.4 Å². The minimum atomic E-state index is -0.165. The van der Waals surface area contributed by atoms with Gasteiger partial charge in [-0.2, -0.15) is 0 Å². The molecule has 5 nitrogen and oxygen atoms in total. The van der Waals surface area contributed by atoms with Gasteiger partial charge in [-0.15, -0.1) is 0 Å². The highest BCUT2D eigenvalue weighted by molar-refractivity contribution is 5.48. The Balaban J connectivity index is 2.69. The fraction of sp³-hybridized carbons (Fsp3) is 0.714. The van der Waals surface area contributed by atoms with Gasteiger partial charge in [0.15, 0.2) is 0 Å². The van der Waals surface area contributed by atoms with Crippen LogP contribution < -0.4 is 16.4 Å². The van der Waals surface area contributed by atoms with Gasteiger partial charge in [-0.05, 0) is 48.0 Å². The van der Waals surface area contributed by atoms with Crippen LogP contribution in [0.5, 0.6) is 0 Å². The van der Waals surface area contributed by atoms with E-state index in [1.54, 1.807) is 0 Å². The first-order valence-corrected chi connectivity index (χ1v) is 6.72. The zero-order valence-electron chi connectivity index (χ0n) is 13.0. The molecule has 1 aromatic rings. The molecule has 0 bridgehead atoms. The largest absolute Gasteiger partial charge is 0.370 e. The predicted molar refractivity (Wildman–Crippen MR) is 81.5 cm³/mol. The highest BCUT2D eigenvalue weighted by Crippen LogP contribution is 2.16. The smallest absolute Gasteiger partial charge is 0.132 e. The summed E-state index contributed by atoms with van der Waals surface area (Å²) < 4.78 is 0. The van der Waals surface area contributed by atoms with Crippen molar-refractivity contribution >= 4 is 11.6 Å². The van der Waals surface area contributed by atoms with Crippen molar-refractivity contribution in [3.63, 3.8) is 0 Å². The molecule has 0 spiro atoms. The fourth-order valence-corrected chi connectivity index (χ4v) is 1.62. The summed E-state index contributed by atoms with van der Waals surface area (Å²) in [5.41, 5.74) is 5.78. The van der Waals surface area contributed by atoms with Crippen molar-refractivity contribution in [1.29, 1.82) is 0 Å². The maximum atomic E-state index is 5.96. The van der Waals surface area contributed by atoms with Gasteiger partial charge in [0, 0.05) is 23.7 Å². The monoisotopic (exact) mass is 265 g/mol. The van der Waals surface area contributed by atoms with Gasteiger partial charge in [-0.1, -0.05) is 0 Å². The van der Waals surface area contributed by atoms with Crippen LogP contribution in [0.25, 0.3) is 0 Å². The molecule has 19 heavy (non-hydrogen) atoms. The number of hydrogen-bond donors (Lipinski definition) is 3. The topological polar surface area (TPSA) is 75.9 Å². The first kappa shape index (κ1) is 15.7. The Morgan fingerprint density at radius 2 is 1.68 bits per heavy atom. The Bertz CT molecular complexity index is 415. The van der Waals surface area contributed by atoms with E-state index in [-0.39, 0.29) is 11.1 Å². The molecular formula is C14H27N5. The molecule has 0 amide bonds. The number of aromatic nitrogens is 2. The van der Waals surface area contributed by atoms with Crippen molar-refractivity contribution < 1.29 is 0 Å². The van der Waals surface area contributed by atoms with Crippen LogP contribution in [0, 0.1) is 6.92 Å². The van der Waals surface area contributed by atoms with Gasteiger partial charge in [0.25, 0.3) is 0 Å². The van der Waals surface area contributed by atoms with E-state index in [1.807, 2.05) is 26.8 Å². The summed E-state index contributed by atoms with van der Waals surface area (Å²) in [5.74, 6) is 2.43. The normalized spacial score (nSPS) is 12.4. The lowest BCUT2D eigenvalue weighted by Gasteiger charge is -2.22. The lowest BCUT2D eigenvalue weighted by atomic mass is 10.0. The molecule has 0 fully saturated rings. The van der Waals surface area contributed by atoms with Crippen LogP contribution in [0.15, 0.2) is 6.07 Å². The van der Waals surface area contributed by atoms with E-state index in [0.717, 1.165) is 30.4 Å². The molecule has 0 aliphatic rings. The van der Waals surface area contributed by atoms with Crippen LogP contribution in [-0.2, 0) is 0 Å². The van der Waals surface area contributed by atoms with E-state index in [1.165, 1.54) is 0 Å². The van der Waals surface area contributed by atoms with Gasteiger partial charge in [0.1, 0.15) is 17.5 Å². The SMILES string of the molecule is Cc1nc(NCCC(C)(C)N)cc(NC(C)(C)C)n1. The second kappa shape index (κ2) is 5.74. The van der Waals surface area contributed by atoms with E-state index in [0.29, 0.717) is 0 Å². The first-order chi connectivity index (χ1) is 8.55. The summed E-state index contributed by atoms with van der Waals surface area (Å²) >= 11 is 0. The lowest BCUT2D eigenvalue weighted by molar-refractivity contribution is 0.490. The molecule has 108 valence electrons. The molecule has 0 aliphatic carbocycles. The Kier molecular flexibility index (Phi) is 4.74. The summed E-state index contributed by atoms with van der Waals surface area (Å²) in [4.78, 5) is 8.77. The van der Waals surface area contributed by atoms with Crippen LogP contribution in [-0.4, -0.2) is 27.6 Å². The third-order valence-electron chi connectivity index (χ3n) is 2.42. The van der Waals surface area contributed by atoms with Crippen molar-refractivity contribution in [2.24, 2.45) is 5.73 Å². The average Bonchev–Trinajstić information content (AvgIpc) is 2.10. The summed E-state index contributed by atoms with van der Waals surface area (Å²) in [6.07, 6.45) is 0.887. The van der Waals surface area contributed by atoms with Crippen LogP contribution >= 0.6 is 0 Å². The van der Waals surface area contributed by atoms with Crippen molar-refractivity contribution in [2.45, 2.75) is 59.0 Å². The average molecular weight is 265 g/mol. The molecule has 0 aliphatic heterocycles. The highest BCUT2D eigenvalue weighted by Gasteiger charge is 2.12. The van der Waals surface area contributed by atoms with Crippen LogP contribution in [0.2, 0.25) is 0 Å². The standard InChI is InChI=1S/C14H27N5/c1-10-17-11(16-8-7-14(5,6)15)9-12(18-10)19-13(2,3)4/h9H,7-8,15H2,1-6H3,(H2,16,17,18,19). The van der Waals surface area contributed by atoms with Gasteiger partial charge >= 0.3 is 0 Å². The number of hydrogen-bond acceptors (Lipinski definition) is 5. The number of rotatable bonds is 5. The maximum absolute atomic E-state index is 5.96. The molecule has 1 aromatic heterocycles. The van der Waals surface area contributed by atoms with Crippen molar-refractivity contribution in [3.05, 3.63) is 11.9 Å². The Morgan fingerprint density at radius 3 is 2.21 bits per heavy atom. The second-order valence-corrected chi connectivity index (χ2v) is 6.73. The molecule has 4 N–H and O–H groups in total. The Labute approximate surface area is 116 Å². The summed E-state index contributed by atoms with van der Waals surface area (Å²) in [7, 11) is 0. The highest BCUT2D eigenvalue weighted by atomic mass is 15.1. The van der Waals surface area contributed by atoms with E-state index >= 15 is 0 Å². The van der Waals surface area contributed by atoms with Gasteiger partial charge in [0.2, 0.25) is 0 Å². The minimum Gasteiger partial charge on any atom is -0.370 e. The quantitative estimate of drug-likeness (QED) is 0.762.